The van der Waals surface area contributed by atoms with Gasteiger partial charge in [-0.15, -0.1) is 11.6 Å². The number of ether oxygens (including phenoxy) is 1. The zero-order valence-corrected chi connectivity index (χ0v) is 14.5. The minimum Gasteiger partial charge on any atom is -0.496 e. The van der Waals surface area contributed by atoms with Crippen molar-refractivity contribution in [3.05, 3.63) is 65.4 Å². The second-order valence-corrected chi connectivity index (χ2v) is 5.75. The van der Waals surface area contributed by atoms with Crippen molar-refractivity contribution in [3.8, 4) is 17.0 Å². The van der Waals surface area contributed by atoms with Crippen molar-refractivity contribution in [1.82, 2.24) is 9.97 Å². The number of nitrogens with zero attached hydrogens (tertiary/aromatic N) is 2. The standard InChI is InChI=1S/C18H15Cl2N3O/c1-24-17-5-3-2-4-14(17)16-9-18(22-11-21-16)23-15-7-6-13(20)8-12(15)10-19/h2-9,11H,10H2,1H3,(H,21,22,23). The van der Waals surface area contributed by atoms with Crippen LogP contribution in [-0.2, 0) is 5.88 Å². The van der Waals surface area contributed by atoms with E-state index < -0.39 is 0 Å². The highest BCUT2D eigenvalue weighted by molar-refractivity contribution is 6.30. The molecule has 122 valence electrons. The summed E-state index contributed by atoms with van der Waals surface area (Å²) in [5.74, 6) is 1.78. The van der Waals surface area contributed by atoms with Crippen molar-refractivity contribution < 1.29 is 4.74 Å². The Morgan fingerprint density at radius 2 is 1.92 bits per heavy atom. The molecule has 0 unspecified atom stereocenters. The third-order valence-corrected chi connectivity index (χ3v) is 4.05. The van der Waals surface area contributed by atoms with Crippen LogP contribution in [0.15, 0.2) is 54.9 Å². The maximum atomic E-state index is 6.01. The van der Waals surface area contributed by atoms with Crippen molar-refractivity contribution in [2.24, 2.45) is 0 Å². The van der Waals surface area contributed by atoms with E-state index in [0.29, 0.717) is 16.7 Å². The Bertz CT molecular complexity index is 855. The van der Waals surface area contributed by atoms with Gasteiger partial charge in [-0.25, -0.2) is 9.97 Å². The third kappa shape index (κ3) is 3.61. The molecule has 0 spiro atoms. The number of benzene rings is 2. The molecule has 1 N–H and O–H groups in total. The summed E-state index contributed by atoms with van der Waals surface area (Å²) in [6.07, 6.45) is 1.51. The molecule has 0 saturated heterocycles. The smallest absolute Gasteiger partial charge is 0.134 e. The van der Waals surface area contributed by atoms with E-state index in [1.165, 1.54) is 6.33 Å². The van der Waals surface area contributed by atoms with E-state index >= 15 is 0 Å². The lowest BCUT2D eigenvalue weighted by molar-refractivity contribution is 0.416. The number of rotatable bonds is 5. The number of alkyl halides is 1. The highest BCUT2D eigenvalue weighted by atomic mass is 35.5. The Balaban J connectivity index is 1.94. The molecule has 24 heavy (non-hydrogen) atoms. The molecule has 0 aliphatic rings. The molecule has 2 aromatic carbocycles. The molecule has 1 heterocycles. The first-order valence-electron chi connectivity index (χ1n) is 7.28. The van der Waals surface area contributed by atoms with E-state index in [1.807, 2.05) is 48.5 Å². The van der Waals surface area contributed by atoms with Gasteiger partial charge in [-0.3, -0.25) is 0 Å². The molecular weight excluding hydrogens is 345 g/mol. The summed E-state index contributed by atoms with van der Waals surface area (Å²) in [6.45, 7) is 0. The summed E-state index contributed by atoms with van der Waals surface area (Å²) in [5, 5.41) is 3.91. The molecule has 3 rings (SSSR count). The van der Waals surface area contributed by atoms with Crippen molar-refractivity contribution in [1.29, 1.82) is 0 Å². The summed E-state index contributed by atoms with van der Waals surface area (Å²) in [4.78, 5) is 8.61. The molecule has 0 aliphatic heterocycles. The number of nitrogens with one attached hydrogen (secondary N) is 1. The molecule has 0 fully saturated rings. The Morgan fingerprint density at radius 1 is 1.08 bits per heavy atom. The quantitative estimate of drug-likeness (QED) is 0.628. The van der Waals surface area contributed by atoms with Crippen LogP contribution < -0.4 is 10.1 Å². The van der Waals surface area contributed by atoms with Crippen molar-refractivity contribution in [2.75, 3.05) is 12.4 Å². The molecule has 0 aliphatic carbocycles. The minimum absolute atomic E-state index is 0.355. The maximum Gasteiger partial charge on any atom is 0.134 e. The van der Waals surface area contributed by atoms with Gasteiger partial charge in [-0.2, -0.15) is 0 Å². The molecule has 0 atom stereocenters. The van der Waals surface area contributed by atoms with Crippen molar-refractivity contribution in [2.45, 2.75) is 5.88 Å². The fraction of sp³-hybridized carbons (Fsp3) is 0.111. The lowest BCUT2D eigenvalue weighted by Crippen LogP contribution is -1.99. The second kappa shape index (κ2) is 7.51. The lowest BCUT2D eigenvalue weighted by atomic mass is 10.1. The summed E-state index contributed by atoms with van der Waals surface area (Å²) < 4.78 is 5.39. The molecular formula is C18H15Cl2N3O. The van der Waals surface area contributed by atoms with Crippen LogP contribution in [0.1, 0.15) is 5.56 Å². The first-order valence-corrected chi connectivity index (χ1v) is 8.19. The van der Waals surface area contributed by atoms with E-state index in [4.69, 9.17) is 27.9 Å². The molecule has 0 amide bonds. The average molecular weight is 360 g/mol. The number of para-hydroxylation sites is 1. The molecule has 0 bridgehead atoms. The molecule has 0 saturated carbocycles. The minimum atomic E-state index is 0.355. The highest BCUT2D eigenvalue weighted by Crippen LogP contribution is 2.30. The monoisotopic (exact) mass is 359 g/mol. The predicted octanol–water partition coefficient (Wildman–Crippen LogP) is 5.29. The molecule has 1 aromatic heterocycles. The van der Waals surface area contributed by atoms with Crippen LogP contribution in [0.4, 0.5) is 11.5 Å². The van der Waals surface area contributed by atoms with Gasteiger partial charge in [-0.05, 0) is 35.9 Å². The van der Waals surface area contributed by atoms with Gasteiger partial charge in [-0.1, -0.05) is 23.7 Å². The van der Waals surface area contributed by atoms with Crippen LogP contribution in [0.5, 0.6) is 5.75 Å². The number of hydrogen-bond donors (Lipinski definition) is 1. The highest BCUT2D eigenvalue weighted by Gasteiger charge is 2.09. The van der Waals surface area contributed by atoms with Crippen LogP contribution in [0.25, 0.3) is 11.3 Å². The van der Waals surface area contributed by atoms with E-state index in [0.717, 1.165) is 28.3 Å². The largest absolute Gasteiger partial charge is 0.496 e. The summed E-state index contributed by atoms with van der Waals surface area (Å²) in [5.41, 5.74) is 3.44. The average Bonchev–Trinajstić information content (AvgIpc) is 2.63. The Morgan fingerprint density at radius 3 is 2.71 bits per heavy atom. The van der Waals surface area contributed by atoms with Gasteiger partial charge in [0.25, 0.3) is 0 Å². The lowest BCUT2D eigenvalue weighted by Gasteiger charge is -2.12. The van der Waals surface area contributed by atoms with E-state index in [1.54, 1.807) is 7.11 Å². The van der Waals surface area contributed by atoms with Crippen LogP contribution in [0.2, 0.25) is 5.02 Å². The van der Waals surface area contributed by atoms with Crippen LogP contribution in [0, 0.1) is 0 Å². The summed E-state index contributed by atoms with van der Waals surface area (Å²) >= 11 is 12.0. The van der Waals surface area contributed by atoms with Gasteiger partial charge in [0.15, 0.2) is 0 Å². The molecule has 6 heteroatoms. The summed E-state index contributed by atoms with van der Waals surface area (Å²) in [6, 6.07) is 15.1. The number of anilines is 2. The molecule has 4 nitrogen and oxygen atoms in total. The van der Waals surface area contributed by atoms with E-state index in [9.17, 15) is 0 Å². The number of halogens is 2. The van der Waals surface area contributed by atoms with Gasteiger partial charge in [0.2, 0.25) is 0 Å². The SMILES string of the molecule is COc1ccccc1-c1cc(Nc2ccc(Cl)cc2CCl)ncn1. The first-order chi connectivity index (χ1) is 11.7. The Kier molecular flexibility index (Phi) is 5.18. The molecule has 0 radical (unpaired) electrons. The normalized spacial score (nSPS) is 10.5. The second-order valence-electron chi connectivity index (χ2n) is 5.05. The van der Waals surface area contributed by atoms with E-state index in [-0.39, 0.29) is 0 Å². The zero-order chi connectivity index (χ0) is 16.9. The van der Waals surface area contributed by atoms with Crippen LogP contribution >= 0.6 is 23.2 Å². The Hall–Kier alpha value is -2.30. The van der Waals surface area contributed by atoms with Crippen molar-refractivity contribution in [3.63, 3.8) is 0 Å². The van der Waals surface area contributed by atoms with Crippen LogP contribution in [0.3, 0.4) is 0 Å². The first kappa shape index (κ1) is 16.6. The number of aromatic nitrogens is 2. The predicted molar refractivity (Wildman–Crippen MR) is 98.3 cm³/mol. The fourth-order valence-electron chi connectivity index (χ4n) is 2.36. The van der Waals surface area contributed by atoms with Crippen molar-refractivity contribution >= 4 is 34.7 Å². The maximum absolute atomic E-state index is 6.01. The number of hydrogen-bond acceptors (Lipinski definition) is 4. The summed E-state index contributed by atoms with van der Waals surface area (Å²) in [7, 11) is 1.64. The van der Waals surface area contributed by atoms with E-state index in [2.05, 4.69) is 15.3 Å². The number of methoxy groups -OCH3 is 1. The van der Waals surface area contributed by atoms with Gasteiger partial charge < -0.3 is 10.1 Å². The Labute approximate surface area is 150 Å². The van der Waals surface area contributed by atoms with Gasteiger partial charge in [0.05, 0.1) is 12.8 Å². The fourth-order valence-corrected chi connectivity index (χ4v) is 2.78. The third-order valence-electron chi connectivity index (χ3n) is 3.52. The van der Waals surface area contributed by atoms with Crippen LogP contribution in [-0.4, -0.2) is 17.1 Å². The molecule has 3 aromatic rings. The van der Waals surface area contributed by atoms with Gasteiger partial charge in [0, 0.05) is 28.2 Å². The van der Waals surface area contributed by atoms with Gasteiger partial charge in [0.1, 0.15) is 17.9 Å². The van der Waals surface area contributed by atoms with Gasteiger partial charge >= 0.3 is 0 Å². The topological polar surface area (TPSA) is 47.0 Å². The zero-order valence-electron chi connectivity index (χ0n) is 13.0.